The molecular weight excluding hydrogens is 138 g/mol. The number of rotatable bonds is 2. The Kier molecular flexibility index (Phi) is 2.26. The third-order valence-electron chi connectivity index (χ3n) is 1.46. The fourth-order valence-corrected chi connectivity index (χ4v) is 0.913. The van der Waals surface area contributed by atoms with Crippen molar-refractivity contribution in [3.8, 4) is 0 Å². The summed E-state index contributed by atoms with van der Waals surface area (Å²) in [6, 6.07) is 0. The van der Waals surface area contributed by atoms with E-state index >= 15 is 0 Å². The van der Waals surface area contributed by atoms with Gasteiger partial charge in [-0.2, -0.15) is 0 Å². The Morgan fingerprint density at radius 1 is 1.55 bits per heavy atom. The lowest BCUT2D eigenvalue weighted by molar-refractivity contribution is 0.396. The quantitative estimate of drug-likeness (QED) is 0.646. The summed E-state index contributed by atoms with van der Waals surface area (Å²) in [4.78, 5) is 0. The van der Waals surface area contributed by atoms with Crippen molar-refractivity contribution in [1.29, 1.82) is 0 Å². The molecule has 0 amide bonds. The van der Waals surface area contributed by atoms with Crippen LogP contribution in [-0.2, 0) is 0 Å². The van der Waals surface area contributed by atoms with E-state index in [0.717, 1.165) is 17.0 Å². The predicted molar refractivity (Wildman–Crippen MR) is 46.0 cm³/mol. The molecule has 0 fully saturated rings. The van der Waals surface area contributed by atoms with E-state index in [0.29, 0.717) is 0 Å². The third-order valence-corrected chi connectivity index (χ3v) is 1.46. The minimum atomic E-state index is 0.806. The van der Waals surface area contributed by atoms with Gasteiger partial charge in [0.2, 0.25) is 0 Å². The van der Waals surface area contributed by atoms with E-state index in [1.54, 1.807) is 6.08 Å². The van der Waals surface area contributed by atoms with Crippen molar-refractivity contribution in [2.24, 2.45) is 0 Å². The molecule has 0 N–H and O–H groups in total. The van der Waals surface area contributed by atoms with Gasteiger partial charge in [-0.3, -0.25) is 0 Å². The standard InChI is InChI=1S/C9H11NO/c1-4-6-8-7(3)11-10-9(8)5-2/h4-6H,2H2,1,3H3. The highest BCUT2D eigenvalue weighted by Gasteiger charge is 2.04. The highest BCUT2D eigenvalue weighted by molar-refractivity contribution is 5.62. The van der Waals surface area contributed by atoms with Gasteiger partial charge >= 0.3 is 0 Å². The molecule has 1 aromatic heterocycles. The molecule has 0 saturated heterocycles. The first-order valence-corrected chi connectivity index (χ1v) is 3.51. The summed E-state index contributed by atoms with van der Waals surface area (Å²) < 4.78 is 4.97. The van der Waals surface area contributed by atoms with Gasteiger partial charge in [0.1, 0.15) is 11.5 Å². The maximum Gasteiger partial charge on any atom is 0.141 e. The topological polar surface area (TPSA) is 26.0 Å². The Balaban J connectivity index is 3.17. The van der Waals surface area contributed by atoms with Crippen molar-refractivity contribution in [3.63, 3.8) is 0 Å². The fourth-order valence-electron chi connectivity index (χ4n) is 0.913. The van der Waals surface area contributed by atoms with Crippen LogP contribution >= 0.6 is 0 Å². The molecule has 1 aromatic rings. The van der Waals surface area contributed by atoms with Gasteiger partial charge in [-0.25, -0.2) is 0 Å². The molecule has 0 aliphatic carbocycles. The molecule has 2 heteroatoms. The van der Waals surface area contributed by atoms with Gasteiger partial charge in [-0.15, -0.1) is 0 Å². The van der Waals surface area contributed by atoms with Crippen LogP contribution in [0.3, 0.4) is 0 Å². The van der Waals surface area contributed by atoms with Crippen LogP contribution in [0, 0.1) is 6.92 Å². The summed E-state index contributed by atoms with van der Waals surface area (Å²) in [5.74, 6) is 0.831. The van der Waals surface area contributed by atoms with Gasteiger partial charge in [0.25, 0.3) is 0 Å². The minimum absolute atomic E-state index is 0.806. The predicted octanol–water partition coefficient (Wildman–Crippen LogP) is 2.66. The van der Waals surface area contributed by atoms with E-state index < -0.39 is 0 Å². The summed E-state index contributed by atoms with van der Waals surface area (Å²) in [6.07, 6.45) is 5.60. The smallest absolute Gasteiger partial charge is 0.141 e. The molecule has 0 unspecified atom stereocenters. The van der Waals surface area contributed by atoms with Crippen molar-refractivity contribution in [1.82, 2.24) is 5.16 Å². The molecule has 11 heavy (non-hydrogen) atoms. The number of allylic oxidation sites excluding steroid dienone is 1. The van der Waals surface area contributed by atoms with E-state index in [9.17, 15) is 0 Å². The minimum Gasteiger partial charge on any atom is -0.360 e. The molecule has 0 aliphatic rings. The zero-order chi connectivity index (χ0) is 8.27. The molecule has 2 nitrogen and oxygen atoms in total. The van der Waals surface area contributed by atoms with Crippen molar-refractivity contribution >= 4 is 12.2 Å². The molecule has 0 radical (unpaired) electrons. The van der Waals surface area contributed by atoms with Crippen molar-refractivity contribution in [3.05, 3.63) is 29.7 Å². The van der Waals surface area contributed by atoms with E-state index in [1.807, 2.05) is 26.0 Å². The Hall–Kier alpha value is -1.31. The second-order valence-electron chi connectivity index (χ2n) is 2.24. The SMILES string of the molecule is C=Cc1noc(C)c1C=CC. The van der Waals surface area contributed by atoms with Crippen LogP contribution in [0.15, 0.2) is 17.2 Å². The second-order valence-corrected chi connectivity index (χ2v) is 2.24. The van der Waals surface area contributed by atoms with Crippen molar-refractivity contribution in [2.75, 3.05) is 0 Å². The van der Waals surface area contributed by atoms with Crippen LogP contribution in [0.5, 0.6) is 0 Å². The molecule has 58 valence electrons. The van der Waals surface area contributed by atoms with Crippen LogP contribution in [0.4, 0.5) is 0 Å². The van der Waals surface area contributed by atoms with Crippen molar-refractivity contribution in [2.45, 2.75) is 13.8 Å². The summed E-state index contributed by atoms with van der Waals surface area (Å²) in [6.45, 7) is 7.47. The first-order chi connectivity index (χ1) is 5.29. The van der Waals surface area contributed by atoms with E-state index in [2.05, 4.69) is 11.7 Å². The number of aryl methyl sites for hydroxylation is 1. The summed E-state index contributed by atoms with van der Waals surface area (Å²) in [7, 11) is 0. The first-order valence-electron chi connectivity index (χ1n) is 3.51. The zero-order valence-electron chi connectivity index (χ0n) is 6.79. The number of hydrogen-bond acceptors (Lipinski definition) is 2. The van der Waals surface area contributed by atoms with Gasteiger partial charge in [-0.1, -0.05) is 23.9 Å². The molecule has 1 heterocycles. The molecular formula is C9H11NO. The van der Waals surface area contributed by atoms with Crippen LogP contribution in [0.1, 0.15) is 23.9 Å². The van der Waals surface area contributed by atoms with Gasteiger partial charge in [0.15, 0.2) is 0 Å². The lowest BCUT2D eigenvalue weighted by Gasteiger charge is -1.86. The fraction of sp³-hybridized carbons (Fsp3) is 0.222. The van der Waals surface area contributed by atoms with Gasteiger partial charge in [0, 0.05) is 5.56 Å². The number of hydrogen-bond donors (Lipinski definition) is 0. The molecule has 0 atom stereocenters. The summed E-state index contributed by atoms with van der Waals surface area (Å²) >= 11 is 0. The Morgan fingerprint density at radius 2 is 2.27 bits per heavy atom. The Labute approximate surface area is 66.2 Å². The second kappa shape index (κ2) is 3.19. The Bertz CT molecular complexity index is 284. The maximum absolute atomic E-state index is 4.97. The third kappa shape index (κ3) is 1.40. The normalized spacial score (nSPS) is 10.7. The highest BCUT2D eigenvalue weighted by Crippen LogP contribution is 2.15. The maximum atomic E-state index is 4.97. The molecule has 0 aliphatic heterocycles. The summed E-state index contributed by atoms with van der Waals surface area (Å²) in [5, 5.41) is 3.81. The van der Waals surface area contributed by atoms with E-state index in [1.165, 1.54) is 0 Å². The average Bonchev–Trinajstić information content (AvgIpc) is 2.34. The molecule has 0 bridgehead atoms. The van der Waals surface area contributed by atoms with Gasteiger partial charge in [0.05, 0.1) is 0 Å². The average molecular weight is 149 g/mol. The molecule has 1 rings (SSSR count). The highest BCUT2D eigenvalue weighted by atomic mass is 16.5. The molecule has 0 saturated carbocycles. The van der Waals surface area contributed by atoms with Crippen LogP contribution in [-0.4, -0.2) is 5.16 Å². The van der Waals surface area contributed by atoms with Crippen LogP contribution in [0.25, 0.3) is 12.2 Å². The van der Waals surface area contributed by atoms with Crippen LogP contribution in [0.2, 0.25) is 0 Å². The first kappa shape index (κ1) is 7.79. The van der Waals surface area contributed by atoms with Crippen molar-refractivity contribution < 1.29 is 4.52 Å². The molecule has 0 aromatic carbocycles. The van der Waals surface area contributed by atoms with E-state index in [-0.39, 0.29) is 0 Å². The van der Waals surface area contributed by atoms with Crippen LogP contribution < -0.4 is 0 Å². The zero-order valence-corrected chi connectivity index (χ0v) is 6.79. The summed E-state index contributed by atoms with van der Waals surface area (Å²) in [5.41, 5.74) is 1.82. The Morgan fingerprint density at radius 3 is 2.82 bits per heavy atom. The van der Waals surface area contributed by atoms with Gasteiger partial charge in [-0.05, 0) is 19.9 Å². The lowest BCUT2D eigenvalue weighted by Crippen LogP contribution is -1.75. The monoisotopic (exact) mass is 149 g/mol. The van der Waals surface area contributed by atoms with E-state index in [4.69, 9.17) is 4.52 Å². The number of aromatic nitrogens is 1. The van der Waals surface area contributed by atoms with Gasteiger partial charge < -0.3 is 4.52 Å². The number of nitrogens with zero attached hydrogens (tertiary/aromatic N) is 1. The lowest BCUT2D eigenvalue weighted by atomic mass is 10.2. The molecule has 0 spiro atoms. The largest absolute Gasteiger partial charge is 0.360 e.